The lowest BCUT2D eigenvalue weighted by atomic mass is 10.2. The monoisotopic (exact) mass is 305 g/mol. The van der Waals surface area contributed by atoms with Crippen molar-refractivity contribution in [2.75, 3.05) is 5.73 Å². The van der Waals surface area contributed by atoms with Crippen LogP contribution in [0.1, 0.15) is 5.56 Å². The number of alkyl halides is 3. The average molecular weight is 306 g/mol. The Bertz CT molecular complexity index is 602. The lowest BCUT2D eigenvalue weighted by molar-refractivity contribution is -0.137. The van der Waals surface area contributed by atoms with Crippen molar-refractivity contribution in [3.8, 4) is 11.5 Å². The van der Waals surface area contributed by atoms with E-state index in [9.17, 15) is 17.6 Å². The molecule has 0 aliphatic heterocycles. The molecular weight excluding hydrogens is 298 g/mol. The molecule has 0 unspecified atom stereocenters. The molecule has 0 saturated heterocycles. The van der Waals surface area contributed by atoms with E-state index >= 15 is 0 Å². The van der Waals surface area contributed by atoms with Crippen molar-refractivity contribution in [3.05, 3.63) is 52.8 Å². The molecule has 7 heteroatoms. The van der Waals surface area contributed by atoms with Crippen LogP contribution < -0.4 is 10.5 Å². The molecule has 0 atom stereocenters. The van der Waals surface area contributed by atoms with Crippen LogP contribution in [0.2, 0.25) is 5.02 Å². The van der Waals surface area contributed by atoms with Crippen LogP contribution in [-0.2, 0) is 6.18 Å². The molecule has 0 bridgehead atoms. The van der Waals surface area contributed by atoms with Crippen LogP contribution in [0.5, 0.6) is 11.5 Å². The van der Waals surface area contributed by atoms with Gasteiger partial charge in [0, 0.05) is 5.69 Å². The number of benzene rings is 2. The van der Waals surface area contributed by atoms with Crippen LogP contribution in [-0.4, -0.2) is 0 Å². The molecule has 20 heavy (non-hydrogen) atoms. The molecule has 0 spiro atoms. The van der Waals surface area contributed by atoms with Gasteiger partial charge in [-0.2, -0.15) is 13.2 Å². The third-order valence-electron chi connectivity index (χ3n) is 2.43. The van der Waals surface area contributed by atoms with Crippen molar-refractivity contribution >= 4 is 17.3 Å². The van der Waals surface area contributed by atoms with Gasteiger partial charge in [-0.1, -0.05) is 11.6 Å². The summed E-state index contributed by atoms with van der Waals surface area (Å²) in [5.41, 5.74) is 4.76. The molecule has 2 N–H and O–H groups in total. The Morgan fingerprint density at radius 3 is 2.15 bits per heavy atom. The van der Waals surface area contributed by atoms with E-state index in [1.807, 2.05) is 0 Å². The summed E-state index contributed by atoms with van der Waals surface area (Å²) in [6, 6.07) is 6.85. The zero-order valence-corrected chi connectivity index (χ0v) is 10.6. The van der Waals surface area contributed by atoms with Gasteiger partial charge in [0.05, 0.1) is 10.6 Å². The highest BCUT2D eigenvalue weighted by Gasteiger charge is 2.32. The van der Waals surface area contributed by atoms with Crippen molar-refractivity contribution in [3.63, 3.8) is 0 Å². The molecule has 2 rings (SSSR count). The highest BCUT2D eigenvalue weighted by Crippen LogP contribution is 2.38. The molecule has 0 aliphatic rings. The van der Waals surface area contributed by atoms with Gasteiger partial charge in [0.15, 0.2) is 11.6 Å². The summed E-state index contributed by atoms with van der Waals surface area (Å²) in [6.07, 6.45) is -4.68. The quantitative estimate of drug-likeness (QED) is 0.634. The molecule has 0 amide bonds. The smallest absolute Gasteiger partial charge is 0.416 e. The number of hydrogen-bond donors (Lipinski definition) is 1. The van der Waals surface area contributed by atoms with E-state index < -0.39 is 28.3 Å². The zero-order chi connectivity index (χ0) is 14.9. The fraction of sp³-hybridized carbons (Fsp3) is 0.0769. The number of nitrogens with two attached hydrogens (primary N) is 1. The van der Waals surface area contributed by atoms with Gasteiger partial charge in [-0.3, -0.25) is 0 Å². The number of hydrogen-bond acceptors (Lipinski definition) is 2. The van der Waals surface area contributed by atoms with Crippen LogP contribution in [0.25, 0.3) is 0 Å². The maximum Gasteiger partial charge on any atom is 0.416 e. The van der Waals surface area contributed by atoms with E-state index in [1.165, 1.54) is 24.3 Å². The second kappa shape index (κ2) is 5.20. The summed E-state index contributed by atoms with van der Waals surface area (Å²) in [4.78, 5) is 0. The molecule has 0 heterocycles. The Balaban J connectivity index is 2.36. The molecule has 0 radical (unpaired) electrons. The van der Waals surface area contributed by atoms with Crippen molar-refractivity contribution < 1.29 is 22.3 Å². The Kier molecular flexibility index (Phi) is 3.76. The predicted octanol–water partition coefficient (Wildman–Crippen LogP) is 4.87. The van der Waals surface area contributed by atoms with Gasteiger partial charge < -0.3 is 10.5 Å². The van der Waals surface area contributed by atoms with Crippen molar-refractivity contribution in [2.45, 2.75) is 6.18 Å². The first kappa shape index (κ1) is 14.5. The van der Waals surface area contributed by atoms with E-state index in [1.54, 1.807) is 0 Å². The molecule has 0 aliphatic carbocycles. The Hall–Kier alpha value is -1.95. The molecule has 106 valence electrons. The third kappa shape index (κ3) is 3.14. The molecule has 2 aromatic rings. The van der Waals surface area contributed by atoms with Crippen molar-refractivity contribution in [2.24, 2.45) is 0 Å². The van der Waals surface area contributed by atoms with Crippen LogP contribution in [0.15, 0.2) is 36.4 Å². The minimum atomic E-state index is -4.68. The molecule has 2 nitrogen and oxygen atoms in total. The Morgan fingerprint density at radius 2 is 1.65 bits per heavy atom. The van der Waals surface area contributed by atoms with Gasteiger partial charge in [-0.15, -0.1) is 0 Å². The second-order valence-corrected chi connectivity index (χ2v) is 4.35. The van der Waals surface area contributed by atoms with Gasteiger partial charge in [0.25, 0.3) is 0 Å². The number of nitrogen functional groups attached to an aromatic ring is 1. The highest BCUT2D eigenvalue weighted by atomic mass is 35.5. The Morgan fingerprint density at radius 1 is 1.05 bits per heavy atom. The summed E-state index contributed by atoms with van der Waals surface area (Å²) in [5.74, 6) is -1.45. The van der Waals surface area contributed by atoms with Crippen molar-refractivity contribution in [1.29, 1.82) is 0 Å². The van der Waals surface area contributed by atoms with Crippen LogP contribution in [0.3, 0.4) is 0 Å². The molecular formula is C13H8ClF4NO. The summed E-state index contributed by atoms with van der Waals surface area (Å²) >= 11 is 5.63. The van der Waals surface area contributed by atoms with E-state index in [0.717, 1.165) is 0 Å². The molecule has 0 aromatic heterocycles. The zero-order valence-electron chi connectivity index (χ0n) is 9.84. The van der Waals surface area contributed by atoms with Gasteiger partial charge >= 0.3 is 6.18 Å². The SMILES string of the molecule is Nc1ccc(Oc2c(F)cc(C(F)(F)F)cc2Cl)cc1. The van der Waals surface area contributed by atoms with Gasteiger partial charge in [-0.25, -0.2) is 4.39 Å². The summed E-state index contributed by atoms with van der Waals surface area (Å²) in [7, 11) is 0. The van der Waals surface area contributed by atoms with E-state index in [4.69, 9.17) is 22.1 Å². The number of anilines is 1. The third-order valence-corrected chi connectivity index (χ3v) is 2.71. The van der Waals surface area contributed by atoms with Gasteiger partial charge in [-0.05, 0) is 36.4 Å². The molecule has 0 saturated carbocycles. The first-order valence-electron chi connectivity index (χ1n) is 5.37. The minimum Gasteiger partial charge on any atom is -0.453 e. The van der Waals surface area contributed by atoms with E-state index in [2.05, 4.69) is 0 Å². The van der Waals surface area contributed by atoms with E-state index in [-0.39, 0.29) is 5.75 Å². The summed E-state index contributed by atoms with van der Waals surface area (Å²) in [6.45, 7) is 0. The predicted molar refractivity (Wildman–Crippen MR) is 67.3 cm³/mol. The van der Waals surface area contributed by atoms with E-state index in [0.29, 0.717) is 17.8 Å². The normalized spacial score (nSPS) is 11.4. The van der Waals surface area contributed by atoms with Crippen LogP contribution >= 0.6 is 11.6 Å². The largest absolute Gasteiger partial charge is 0.453 e. The first-order chi connectivity index (χ1) is 9.27. The number of halogens is 5. The Labute approximate surface area is 116 Å². The van der Waals surface area contributed by atoms with Crippen molar-refractivity contribution in [1.82, 2.24) is 0 Å². The maximum atomic E-state index is 13.7. The second-order valence-electron chi connectivity index (χ2n) is 3.94. The minimum absolute atomic E-state index is 0.208. The van der Waals surface area contributed by atoms with Crippen LogP contribution in [0.4, 0.5) is 23.2 Å². The highest BCUT2D eigenvalue weighted by molar-refractivity contribution is 6.32. The standard InChI is InChI=1S/C13H8ClF4NO/c14-10-5-7(13(16,17)18)6-11(15)12(10)20-9-3-1-8(19)2-4-9/h1-6H,19H2. The lowest BCUT2D eigenvalue weighted by Crippen LogP contribution is -2.06. The van der Waals surface area contributed by atoms with Gasteiger partial charge in [0.2, 0.25) is 0 Å². The van der Waals surface area contributed by atoms with Gasteiger partial charge in [0.1, 0.15) is 5.75 Å². The summed E-state index contributed by atoms with van der Waals surface area (Å²) < 4.78 is 56.2. The summed E-state index contributed by atoms with van der Waals surface area (Å²) in [5, 5.41) is -0.464. The first-order valence-corrected chi connectivity index (χ1v) is 5.75. The average Bonchev–Trinajstić information content (AvgIpc) is 2.34. The molecule has 2 aromatic carbocycles. The lowest BCUT2D eigenvalue weighted by Gasteiger charge is -2.12. The number of ether oxygens (including phenoxy) is 1. The fourth-order valence-electron chi connectivity index (χ4n) is 1.47. The molecule has 0 fully saturated rings. The topological polar surface area (TPSA) is 35.2 Å². The fourth-order valence-corrected chi connectivity index (χ4v) is 1.72. The maximum absolute atomic E-state index is 13.7. The number of rotatable bonds is 2. The van der Waals surface area contributed by atoms with Crippen LogP contribution in [0, 0.1) is 5.82 Å².